The molecule has 2 saturated heterocycles. The SMILES string of the molecule is COc1cc(N2C3CCC2CC(Br)C3)ccn1. The molecule has 0 radical (unpaired) electrons. The Balaban J connectivity index is 1.89. The maximum absolute atomic E-state index is 5.21. The minimum absolute atomic E-state index is 0.685. The fourth-order valence-electron chi connectivity index (χ4n) is 3.20. The van der Waals surface area contributed by atoms with Gasteiger partial charge in [-0.3, -0.25) is 0 Å². The van der Waals surface area contributed by atoms with Gasteiger partial charge in [-0.05, 0) is 31.7 Å². The van der Waals surface area contributed by atoms with Crippen molar-refractivity contribution in [3.8, 4) is 5.88 Å². The van der Waals surface area contributed by atoms with Crippen LogP contribution in [0.4, 0.5) is 5.69 Å². The molecule has 2 fully saturated rings. The molecule has 1 aromatic heterocycles. The lowest BCUT2D eigenvalue weighted by Gasteiger charge is -2.39. The highest BCUT2D eigenvalue weighted by molar-refractivity contribution is 9.09. The molecule has 2 unspecified atom stereocenters. The van der Waals surface area contributed by atoms with Gasteiger partial charge in [0.2, 0.25) is 5.88 Å². The van der Waals surface area contributed by atoms with E-state index >= 15 is 0 Å². The molecule has 0 aromatic carbocycles. The van der Waals surface area contributed by atoms with E-state index in [0.29, 0.717) is 22.8 Å². The molecule has 0 N–H and O–H groups in total. The Morgan fingerprint density at radius 3 is 2.71 bits per heavy atom. The summed E-state index contributed by atoms with van der Waals surface area (Å²) < 4.78 is 5.21. The molecule has 0 amide bonds. The predicted molar refractivity (Wildman–Crippen MR) is 72.0 cm³/mol. The summed E-state index contributed by atoms with van der Waals surface area (Å²) >= 11 is 3.77. The van der Waals surface area contributed by atoms with Gasteiger partial charge in [-0.1, -0.05) is 15.9 Å². The van der Waals surface area contributed by atoms with Crippen molar-refractivity contribution in [2.45, 2.75) is 42.6 Å². The Morgan fingerprint density at radius 1 is 1.35 bits per heavy atom. The van der Waals surface area contributed by atoms with E-state index < -0.39 is 0 Å². The van der Waals surface area contributed by atoms with Crippen LogP contribution >= 0.6 is 15.9 Å². The zero-order chi connectivity index (χ0) is 11.8. The van der Waals surface area contributed by atoms with Crippen molar-refractivity contribution in [2.24, 2.45) is 0 Å². The first-order valence-corrected chi connectivity index (χ1v) is 7.12. The number of fused-ring (bicyclic) bond motifs is 2. The second-order valence-electron chi connectivity index (χ2n) is 4.92. The number of hydrogen-bond acceptors (Lipinski definition) is 3. The van der Waals surface area contributed by atoms with E-state index in [4.69, 9.17) is 4.74 Å². The summed E-state index contributed by atoms with van der Waals surface area (Å²) in [4.78, 5) is 7.45. The molecular formula is C13H17BrN2O. The van der Waals surface area contributed by atoms with E-state index in [1.807, 2.05) is 6.20 Å². The van der Waals surface area contributed by atoms with Crippen LogP contribution in [0.25, 0.3) is 0 Å². The highest BCUT2D eigenvalue weighted by atomic mass is 79.9. The maximum Gasteiger partial charge on any atom is 0.214 e. The number of hydrogen-bond donors (Lipinski definition) is 0. The summed E-state index contributed by atoms with van der Waals surface area (Å²) in [6.45, 7) is 0. The van der Waals surface area contributed by atoms with Crippen LogP contribution in [-0.4, -0.2) is 29.0 Å². The molecule has 4 heteroatoms. The molecule has 0 aliphatic carbocycles. The zero-order valence-electron chi connectivity index (χ0n) is 9.97. The Kier molecular flexibility index (Phi) is 2.99. The second kappa shape index (κ2) is 4.48. The number of anilines is 1. The molecule has 0 spiro atoms. The van der Waals surface area contributed by atoms with Crippen LogP contribution < -0.4 is 9.64 Å². The molecular weight excluding hydrogens is 280 g/mol. The highest BCUT2D eigenvalue weighted by Gasteiger charge is 2.39. The van der Waals surface area contributed by atoms with Crippen LogP contribution in [0.3, 0.4) is 0 Å². The average Bonchev–Trinajstić information content (AvgIpc) is 2.62. The fraction of sp³-hybridized carbons (Fsp3) is 0.615. The quantitative estimate of drug-likeness (QED) is 0.785. The first-order valence-electron chi connectivity index (χ1n) is 6.20. The number of pyridine rings is 1. The fourth-order valence-corrected chi connectivity index (χ4v) is 4.07. The molecule has 1 aromatic rings. The van der Waals surface area contributed by atoms with Crippen molar-refractivity contribution in [1.82, 2.24) is 4.98 Å². The topological polar surface area (TPSA) is 25.4 Å². The molecule has 17 heavy (non-hydrogen) atoms. The van der Waals surface area contributed by atoms with E-state index in [9.17, 15) is 0 Å². The molecule has 2 aliphatic heterocycles. The molecule has 2 aliphatic rings. The first kappa shape index (κ1) is 11.3. The average molecular weight is 297 g/mol. The van der Waals surface area contributed by atoms with Gasteiger partial charge in [0.05, 0.1) is 7.11 Å². The maximum atomic E-state index is 5.21. The zero-order valence-corrected chi connectivity index (χ0v) is 11.6. The van der Waals surface area contributed by atoms with Crippen molar-refractivity contribution < 1.29 is 4.74 Å². The van der Waals surface area contributed by atoms with Gasteiger partial charge in [0.15, 0.2) is 0 Å². The van der Waals surface area contributed by atoms with Crippen LogP contribution in [0.5, 0.6) is 5.88 Å². The number of methoxy groups -OCH3 is 1. The Hall–Kier alpha value is -0.770. The lowest BCUT2D eigenvalue weighted by Crippen LogP contribution is -2.43. The van der Waals surface area contributed by atoms with Crippen LogP contribution in [0.15, 0.2) is 18.3 Å². The minimum atomic E-state index is 0.685. The smallest absolute Gasteiger partial charge is 0.214 e. The summed E-state index contributed by atoms with van der Waals surface area (Å²) in [6.07, 6.45) is 6.98. The second-order valence-corrected chi connectivity index (χ2v) is 6.21. The third kappa shape index (κ3) is 2.03. The van der Waals surface area contributed by atoms with Gasteiger partial charge >= 0.3 is 0 Å². The van der Waals surface area contributed by atoms with Crippen LogP contribution in [0.1, 0.15) is 25.7 Å². The summed E-state index contributed by atoms with van der Waals surface area (Å²) in [6, 6.07) is 5.53. The molecule has 3 nitrogen and oxygen atoms in total. The normalized spacial score (nSPS) is 31.6. The summed E-state index contributed by atoms with van der Waals surface area (Å²) in [7, 11) is 1.67. The number of rotatable bonds is 2. The highest BCUT2D eigenvalue weighted by Crippen LogP contribution is 2.41. The Morgan fingerprint density at radius 2 is 2.06 bits per heavy atom. The van der Waals surface area contributed by atoms with Crippen molar-refractivity contribution in [3.63, 3.8) is 0 Å². The molecule has 92 valence electrons. The monoisotopic (exact) mass is 296 g/mol. The van der Waals surface area contributed by atoms with Gasteiger partial charge < -0.3 is 9.64 Å². The number of nitrogens with zero attached hydrogens (tertiary/aromatic N) is 2. The lowest BCUT2D eigenvalue weighted by molar-refractivity contribution is 0.397. The molecule has 3 heterocycles. The standard InChI is InChI=1S/C13H17BrN2O/c1-17-13-8-12(4-5-15-13)16-10-2-3-11(16)7-9(14)6-10/h4-5,8-11H,2-3,6-7H2,1H3. The van der Waals surface area contributed by atoms with Crippen molar-refractivity contribution in [3.05, 3.63) is 18.3 Å². The molecule has 0 saturated carbocycles. The summed E-state index contributed by atoms with van der Waals surface area (Å²) in [5, 5.41) is 0. The van der Waals surface area contributed by atoms with Crippen LogP contribution in [0.2, 0.25) is 0 Å². The number of piperidine rings is 1. The lowest BCUT2D eigenvalue weighted by atomic mass is 10.0. The molecule has 2 atom stereocenters. The van der Waals surface area contributed by atoms with Crippen molar-refractivity contribution >= 4 is 21.6 Å². The van der Waals surface area contributed by atoms with Gasteiger partial charge in [-0.15, -0.1) is 0 Å². The van der Waals surface area contributed by atoms with Crippen LogP contribution in [-0.2, 0) is 0 Å². The van der Waals surface area contributed by atoms with Gasteiger partial charge in [0.25, 0.3) is 0 Å². The first-order chi connectivity index (χ1) is 8.28. The van der Waals surface area contributed by atoms with Gasteiger partial charge in [0.1, 0.15) is 0 Å². The van der Waals surface area contributed by atoms with E-state index in [-0.39, 0.29) is 0 Å². The van der Waals surface area contributed by atoms with Crippen molar-refractivity contribution in [2.75, 3.05) is 12.0 Å². The number of halogens is 1. The van der Waals surface area contributed by atoms with E-state index in [1.54, 1.807) is 7.11 Å². The Labute approximate surface area is 110 Å². The summed E-state index contributed by atoms with van der Waals surface area (Å²) in [5.74, 6) is 0.711. The minimum Gasteiger partial charge on any atom is -0.481 e. The third-order valence-corrected chi connectivity index (χ3v) is 4.65. The summed E-state index contributed by atoms with van der Waals surface area (Å²) in [5.41, 5.74) is 1.27. The predicted octanol–water partition coefficient (Wildman–Crippen LogP) is 2.98. The van der Waals surface area contributed by atoms with E-state index in [1.165, 1.54) is 31.4 Å². The number of ether oxygens (including phenoxy) is 1. The third-order valence-electron chi connectivity index (χ3n) is 3.90. The van der Waals surface area contributed by atoms with E-state index in [2.05, 4.69) is 37.9 Å². The van der Waals surface area contributed by atoms with Gasteiger partial charge in [-0.25, -0.2) is 4.98 Å². The molecule has 3 rings (SSSR count). The Bertz CT molecular complexity index is 398. The van der Waals surface area contributed by atoms with Crippen LogP contribution in [0, 0.1) is 0 Å². The van der Waals surface area contributed by atoms with Crippen molar-refractivity contribution in [1.29, 1.82) is 0 Å². The number of aromatic nitrogens is 1. The van der Waals surface area contributed by atoms with Gasteiger partial charge in [0, 0.05) is 34.9 Å². The van der Waals surface area contributed by atoms with E-state index in [0.717, 1.165) is 0 Å². The largest absolute Gasteiger partial charge is 0.481 e. The van der Waals surface area contributed by atoms with Gasteiger partial charge in [-0.2, -0.15) is 0 Å². The number of alkyl halides is 1. The molecule has 2 bridgehead atoms.